The highest BCUT2D eigenvalue weighted by molar-refractivity contribution is 5.67. The highest BCUT2D eigenvalue weighted by Crippen LogP contribution is 2.32. The molecule has 0 unspecified atom stereocenters. The number of nitrogens with zero attached hydrogens (tertiary/aromatic N) is 4. The number of amides is 1. The van der Waals surface area contributed by atoms with Crippen LogP contribution in [0.15, 0.2) is 36.7 Å². The fourth-order valence-electron chi connectivity index (χ4n) is 3.73. The Morgan fingerprint density at radius 2 is 1.61 bits per heavy atom. The van der Waals surface area contributed by atoms with E-state index in [9.17, 15) is 4.79 Å². The second kappa shape index (κ2) is 8.67. The Morgan fingerprint density at radius 3 is 2.04 bits per heavy atom. The van der Waals surface area contributed by atoms with Gasteiger partial charge in [0.2, 0.25) is 0 Å². The number of aryl methyl sites for hydroxylation is 2. The minimum absolute atomic E-state index is 0.0840. The van der Waals surface area contributed by atoms with Crippen molar-refractivity contribution in [3.63, 3.8) is 0 Å². The van der Waals surface area contributed by atoms with E-state index in [1.54, 1.807) is 4.90 Å². The van der Waals surface area contributed by atoms with E-state index in [1.165, 1.54) is 11.1 Å². The van der Waals surface area contributed by atoms with E-state index in [0.29, 0.717) is 13.1 Å². The lowest BCUT2D eigenvalue weighted by atomic mass is 9.87. The first kappa shape index (κ1) is 20.2. The maximum absolute atomic E-state index is 11.8. The molecule has 0 aliphatic carbocycles. The van der Waals surface area contributed by atoms with Gasteiger partial charge in [-0.3, -0.25) is 14.9 Å². The van der Waals surface area contributed by atoms with E-state index >= 15 is 0 Å². The minimum atomic E-state index is -0.463. The van der Waals surface area contributed by atoms with Crippen LogP contribution in [0.1, 0.15) is 42.3 Å². The lowest BCUT2D eigenvalue weighted by Gasteiger charge is -2.46. The molecular weight excluding hydrogens is 354 g/mol. The zero-order chi connectivity index (χ0) is 20.1. The second-order valence-electron chi connectivity index (χ2n) is 7.76. The average Bonchev–Trinajstić information content (AvgIpc) is 2.70. The van der Waals surface area contributed by atoms with Gasteiger partial charge in [-0.1, -0.05) is 12.1 Å². The summed E-state index contributed by atoms with van der Waals surface area (Å²) in [5, 5.41) is 0. The van der Waals surface area contributed by atoms with Gasteiger partial charge in [0.05, 0.1) is 11.4 Å². The maximum Gasteiger partial charge on any atom is 0.428 e. The first-order valence-corrected chi connectivity index (χ1v) is 9.64. The van der Waals surface area contributed by atoms with Gasteiger partial charge in [-0.25, -0.2) is 4.79 Å². The second-order valence-corrected chi connectivity index (χ2v) is 7.76. The van der Waals surface area contributed by atoms with E-state index in [2.05, 4.69) is 52.6 Å². The third kappa shape index (κ3) is 4.48. The Morgan fingerprint density at radius 1 is 1.11 bits per heavy atom. The Balaban J connectivity index is 1.84. The number of hydrogen-bond acceptors (Lipinski definition) is 6. The summed E-state index contributed by atoms with van der Waals surface area (Å²) in [5.41, 5.74) is 4.41. The molecule has 150 valence electrons. The van der Waals surface area contributed by atoms with Crippen molar-refractivity contribution < 1.29 is 9.63 Å². The van der Waals surface area contributed by atoms with Crippen molar-refractivity contribution in [2.24, 2.45) is 5.90 Å². The zero-order valence-corrected chi connectivity index (χ0v) is 16.9. The largest absolute Gasteiger partial charge is 0.428 e. The summed E-state index contributed by atoms with van der Waals surface area (Å²) >= 11 is 0. The Bertz CT molecular complexity index is 770. The van der Waals surface area contributed by atoms with Crippen molar-refractivity contribution in [2.45, 2.75) is 52.2 Å². The number of piperidine rings is 1. The van der Waals surface area contributed by atoms with Crippen molar-refractivity contribution in [3.05, 3.63) is 59.2 Å². The summed E-state index contributed by atoms with van der Waals surface area (Å²) in [7, 11) is 0. The number of rotatable bonds is 5. The van der Waals surface area contributed by atoms with E-state index in [-0.39, 0.29) is 5.54 Å². The van der Waals surface area contributed by atoms with Gasteiger partial charge in [0, 0.05) is 44.1 Å². The van der Waals surface area contributed by atoms with Crippen molar-refractivity contribution in [3.8, 4) is 0 Å². The Hall–Kier alpha value is -2.51. The lowest BCUT2D eigenvalue weighted by Crippen LogP contribution is -2.54. The highest BCUT2D eigenvalue weighted by atomic mass is 16.7. The molecule has 2 aromatic rings. The van der Waals surface area contributed by atoms with Gasteiger partial charge >= 0.3 is 6.09 Å². The lowest BCUT2D eigenvalue weighted by molar-refractivity contribution is 0.0158. The van der Waals surface area contributed by atoms with E-state index in [0.717, 1.165) is 37.3 Å². The molecule has 2 aromatic heterocycles. The molecule has 7 nitrogen and oxygen atoms in total. The van der Waals surface area contributed by atoms with E-state index in [4.69, 9.17) is 5.90 Å². The normalized spacial score (nSPS) is 16.2. The summed E-state index contributed by atoms with van der Waals surface area (Å²) < 4.78 is 0. The fraction of sp³-hybridized carbons (Fsp3) is 0.476. The summed E-state index contributed by atoms with van der Waals surface area (Å²) in [4.78, 5) is 29.5. The van der Waals surface area contributed by atoms with Gasteiger partial charge in [0.1, 0.15) is 0 Å². The number of hydrogen-bond donors (Lipinski definition) is 1. The van der Waals surface area contributed by atoms with Crippen LogP contribution in [0.25, 0.3) is 0 Å². The van der Waals surface area contributed by atoms with E-state index in [1.807, 2.05) is 24.5 Å². The Kier molecular flexibility index (Phi) is 6.26. The first-order chi connectivity index (χ1) is 13.4. The maximum atomic E-state index is 11.8. The quantitative estimate of drug-likeness (QED) is 0.799. The predicted octanol–water partition coefficient (Wildman–Crippen LogP) is 2.96. The molecule has 0 saturated carbocycles. The van der Waals surface area contributed by atoms with Crippen LogP contribution in [0.3, 0.4) is 0 Å². The summed E-state index contributed by atoms with van der Waals surface area (Å²) in [6.45, 7) is 9.15. The molecule has 0 spiro atoms. The topological polar surface area (TPSA) is 84.6 Å². The minimum Gasteiger partial charge on any atom is -0.357 e. The number of likely N-dealkylation sites (tertiary alicyclic amines) is 1. The van der Waals surface area contributed by atoms with Crippen LogP contribution >= 0.6 is 0 Å². The smallest absolute Gasteiger partial charge is 0.357 e. The fourth-order valence-corrected chi connectivity index (χ4v) is 3.73. The molecular formula is C21H29N5O2. The zero-order valence-electron chi connectivity index (χ0n) is 16.9. The number of aromatic nitrogens is 2. The van der Waals surface area contributed by atoms with Crippen LogP contribution in [-0.4, -0.2) is 44.5 Å². The van der Waals surface area contributed by atoms with Crippen LogP contribution in [-0.2, 0) is 17.9 Å². The summed E-state index contributed by atoms with van der Waals surface area (Å²) in [6, 6.07) is 8.11. The highest BCUT2D eigenvalue weighted by Gasteiger charge is 2.38. The third-order valence-electron chi connectivity index (χ3n) is 5.88. The SMILES string of the molecule is Cc1cccnc1CN(Cc1ncccc1C)C1(C)CCN(C(=O)ON)CC1. The van der Waals surface area contributed by atoms with Crippen LogP contribution in [0.5, 0.6) is 0 Å². The first-order valence-electron chi connectivity index (χ1n) is 9.64. The van der Waals surface area contributed by atoms with Crippen molar-refractivity contribution in [2.75, 3.05) is 13.1 Å². The van der Waals surface area contributed by atoms with Crippen LogP contribution in [0.2, 0.25) is 0 Å². The molecule has 2 N–H and O–H groups in total. The molecule has 0 bridgehead atoms. The number of nitrogens with two attached hydrogens (primary N) is 1. The van der Waals surface area contributed by atoms with Crippen LogP contribution in [0, 0.1) is 13.8 Å². The van der Waals surface area contributed by atoms with Crippen molar-refractivity contribution >= 4 is 6.09 Å². The number of pyridine rings is 2. The molecule has 0 aromatic carbocycles. The van der Waals surface area contributed by atoms with Gasteiger partial charge in [-0.05, 0) is 56.9 Å². The van der Waals surface area contributed by atoms with Crippen molar-refractivity contribution in [1.82, 2.24) is 19.8 Å². The van der Waals surface area contributed by atoms with Gasteiger partial charge in [0.15, 0.2) is 0 Å². The molecule has 1 fully saturated rings. The summed E-state index contributed by atoms with van der Waals surface area (Å²) in [5.74, 6) is 5.05. The Labute approximate surface area is 166 Å². The molecule has 3 heterocycles. The number of carbonyl (C=O) groups excluding carboxylic acids is 1. The third-order valence-corrected chi connectivity index (χ3v) is 5.88. The molecule has 1 aliphatic rings. The molecule has 0 atom stereocenters. The molecule has 3 rings (SSSR count). The molecule has 0 radical (unpaired) electrons. The van der Waals surface area contributed by atoms with Gasteiger partial charge in [-0.15, -0.1) is 0 Å². The van der Waals surface area contributed by atoms with Gasteiger partial charge in [-0.2, -0.15) is 5.90 Å². The van der Waals surface area contributed by atoms with Gasteiger partial charge < -0.3 is 9.74 Å². The molecule has 7 heteroatoms. The van der Waals surface area contributed by atoms with Crippen LogP contribution < -0.4 is 5.90 Å². The van der Waals surface area contributed by atoms with Crippen LogP contribution in [0.4, 0.5) is 4.79 Å². The molecule has 28 heavy (non-hydrogen) atoms. The molecule has 1 saturated heterocycles. The standard InChI is InChI=1S/C21H29N5O2/c1-16-6-4-10-23-18(16)14-26(15-19-17(2)7-5-11-24-19)21(3)8-12-25(13-9-21)20(27)28-22/h4-7,10-11H,8-9,12-15,22H2,1-3H3. The summed E-state index contributed by atoms with van der Waals surface area (Å²) in [6.07, 6.45) is 4.89. The number of carbonyl (C=O) groups is 1. The van der Waals surface area contributed by atoms with Crippen molar-refractivity contribution in [1.29, 1.82) is 0 Å². The monoisotopic (exact) mass is 383 g/mol. The average molecular weight is 383 g/mol. The van der Waals surface area contributed by atoms with E-state index < -0.39 is 6.09 Å². The molecule has 1 amide bonds. The molecule has 1 aliphatic heterocycles. The van der Waals surface area contributed by atoms with Gasteiger partial charge in [0.25, 0.3) is 0 Å². The predicted molar refractivity (Wildman–Crippen MR) is 107 cm³/mol.